The van der Waals surface area contributed by atoms with Gasteiger partial charge in [0.1, 0.15) is 18.5 Å². The third-order valence-electron chi connectivity index (χ3n) is 6.00. The van der Waals surface area contributed by atoms with Crippen LogP contribution in [0.2, 0.25) is 0 Å². The molecule has 2 aromatic carbocycles. The maximum absolute atomic E-state index is 12.6. The quantitative estimate of drug-likeness (QED) is 0.716. The first-order valence-corrected chi connectivity index (χ1v) is 10.8. The minimum atomic E-state index is -0.459. The molecule has 0 saturated carbocycles. The number of benzene rings is 2. The largest absolute Gasteiger partial charge is 0.497 e. The molecule has 2 heterocycles. The fourth-order valence-corrected chi connectivity index (χ4v) is 4.32. The number of carbonyl (C=O) groups excluding carboxylic acids is 2. The summed E-state index contributed by atoms with van der Waals surface area (Å²) in [7, 11) is 1.58. The number of nitrogens with one attached hydrogen (secondary N) is 1. The van der Waals surface area contributed by atoms with Crippen molar-refractivity contribution in [3.63, 3.8) is 0 Å². The summed E-state index contributed by atoms with van der Waals surface area (Å²) < 4.78 is 16.4. The number of anilines is 1. The minimum Gasteiger partial charge on any atom is -0.497 e. The number of aliphatic hydroxyl groups excluding tert-OH is 1. The number of morpholine rings is 1. The van der Waals surface area contributed by atoms with Gasteiger partial charge in [0.25, 0.3) is 5.91 Å². The summed E-state index contributed by atoms with van der Waals surface area (Å²) in [5.41, 5.74) is 2.01. The summed E-state index contributed by atoms with van der Waals surface area (Å²) in [6.45, 7) is 1.01. The highest BCUT2D eigenvalue weighted by Crippen LogP contribution is 2.33. The van der Waals surface area contributed by atoms with Crippen LogP contribution in [-0.2, 0) is 14.3 Å². The van der Waals surface area contributed by atoms with E-state index in [2.05, 4.69) is 5.32 Å². The third kappa shape index (κ3) is 4.77. The second kappa shape index (κ2) is 10.1. The Kier molecular flexibility index (Phi) is 7.04. The Labute approximate surface area is 187 Å². The predicted molar refractivity (Wildman–Crippen MR) is 118 cm³/mol. The number of methoxy groups -OCH3 is 1. The second-order valence-corrected chi connectivity index (χ2v) is 7.93. The van der Waals surface area contributed by atoms with Gasteiger partial charge >= 0.3 is 0 Å². The Morgan fingerprint density at radius 1 is 1.12 bits per heavy atom. The van der Waals surface area contributed by atoms with Gasteiger partial charge in [-0.05, 0) is 54.8 Å². The molecule has 2 fully saturated rings. The van der Waals surface area contributed by atoms with Crippen LogP contribution in [0.15, 0.2) is 48.5 Å². The fraction of sp³-hybridized carbons (Fsp3) is 0.417. The van der Waals surface area contributed by atoms with E-state index < -0.39 is 12.1 Å². The maximum atomic E-state index is 12.6. The number of hydrogen-bond acceptors (Lipinski definition) is 6. The molecule has 0 bridgehead atoms. The van der Waals surface area contributed by atoms with Crippen LogP contribution in [0.5, 0.6) is 5.75 Å². The Bertz CT molecular complexity index is 925. The minimum absolute atomic E-state index is 0.0194. The fourth-order valence-electron chi connectivity index (χ4n) is 4.32. The molecule has 170 valence electrons. The summed E-state index contributed by atoms with van der Waals surface area (Å²) in [5, 5.41) is 13.0. The van der Waals surface area contributed by atoms with Gasteiger partial charge < -0.3 is 29.5 Å². The van der Waals surface area contributed by atoms with Crippen molar-refractivity contribution in [2.75, 3.05) is 38.9 Å². The molecule has 2 unspecified atom stereocenters. The molecule has 2 atom stereocenters. The van der Waals surface area contributed by atoms with E-state index in [9.17, 15) is 14.7 Å². The van der Waals surface area contributed by atoms with Gasteiger partial charge in [0.15, 0.2) is 0 Å². The molecule has 0 radical (unpaired) electrons. The van der Waals surface area contributed by atoms with Gasteiger partial charge in [-0.15, -0.1) is 0 Å². The average molecular weight is 440 g/mol. The van der Waals surface area contributed by atoms with Crippen molar-refractivity contribution < 1.29 is 28.9 Å². The molecule has 2 amide bonds. The number of aliphatic hydroxyl groups is 1. The van der Waals surface area contributed by atoms with E-state index in [4.69, 9.17) is 14.2 Å². The van der Waals surface area contributed by atoms with Crippen molar-refractivity contribution >= 4 is 17.5 Å². The molecular formula is C24H28N2O6. The summed E-state index contributed by atoms with van der Waals surface area (Å²) in [6, 6.07) is 13.8. The molecule has 0 aliphatic carbocycles. The standard InChI is InChI=1S/C24H28N2O6/c1-30-20-8-4-17(5-9-20)24(29)25-18-6-2-16(3-7-18)23-21(14-27)26(22(28)15-32-23)19-10-12-31-13-11-19/h2-9,19,21,23,27H,10-15H2,1H3,(H,25,29). The van der Waals surface area contributed by atoms with Gasteiger partial charge in [0.05, 0.1) is 19.8 Å². The Balaban J connectivity index is 1.46. The first kappa shape index (κ1) is 22.3. The van der Waals surface area contributed by atoms with Crippen molar-refractivity contribution in [2.24, 2.45) is 0 Å². The molecule has 8 nitrogen and oxygen atoms in total. The van der Waals surface area contributed by atoms with Gasteiger partial charge in [-0.3, -0.25) is 9.59 Å². The highest BCUT2D eigenvalue weighted by molar-refractivity contribution is 6.04. The number of nitrogens with zero attached hydrogens (tertiary/aromatic N) is 1. The maximum Gasteiger partial charge on any atom is 0.255 e. The van der Waals surface area contributed by atoms with E-state index in [-0.39, 0.29) is 31.1 Å². The van der Waals surface area contributed by atoms with Crippen LogP contribution in [0.3, 0.4) is 0 Å². The van der Waals surface area contributed by atoms with Crippen molar-refractivity contribution in [1.82, 2.24) is 4.90 Å². The van der Waals surface area contributed by atoms with Crippen LogP contribution in [-0.4, -0.2) is 67.4 Å². The lowest BCUT2D eigenvalue weighted by atomic mass is 9.95. The van der Waals surface area contributed by atoms with Gasteiger partial charge in [0, 0.05) is 30.5 Å². The molecule has 2 aromatic rings. The SMILES string of the molecule is COc1ccc(C(=O)Nc2ccc(C3OCC(=O)N(C4CCOCC4)C3CO)cc2)cc1. The van der Waals surface area contributed by atoms with Gasteiger partial charge in [-0.25, -0.2) is 0 Å². The van der Waals surface area contributed by atoms with Crippen LogP contribution < -0.4 is 10.1 Å². The summed E-state index contributed by atoms with van der Waals surface area (Å²) in [6.07, 6.45) is 1.07. The Morgan fingerprint density at radius 2 is 1.81 bits per heavy atom. The lowest BCUT2D eigenvalue weighted by molar-refractivity contribution is -0.168. The highest BCUT2D eigenvalue weighted by Gasteiger charge is 2.41. The van der Waals surface area contributed by atoms with Crippen LogP contribution in [0, 0.1) is 0 Å². The van der Waals surface area contributed by atoms with Crippen molar-refractivity contribution in [3.8, 4) is 5.75 Å². The van der Waals surface area contributed by atoms with E-state index in [1.807, 2.05) is 12.1 Å². The van der Waals surface area contributed by atoms with E-state index in [1.165, 1.54) is 0 Å². The number of rotatable bonds is 6. The van der Waals surface area contributed by atoms with Crippen LogP contribution in [0.4, 0.5) is 5.69 Å². The number of carbonyl (C=O) groups is 2. The van der Waals surface area contributed by atoms with Crippen LogP contribution in [0.25, 0.3) is 0 Å². The highest BCUT2D eigenvalue weighted by atomic mass is 16.5. The smallest absolute Gasteiger partial charge is 0.255 e. The average Bonchev–Trinajstić information content (AvgIpc) is 2.85. The Hall–Kier alpha value is -2.94. The first-order chi connectivity index (χ1) is 15.6. The molecular weight excluding hydrogens is 412 g/mol. The van der Waals surface area contributed by atoms with Crippen LogP contribution in [0.1, 0.15) is 34.9 Å². The number of hydrogen-bond donors (Lipinski definition) is 2. The first-order valence-electron chi connectivity index (χ1n) is 10.8. The monoisotopic (exact) mass is 440 g/mol. The molecule has 32 heavy (non-hydrogen) atoms. The zero-order valence-corrected chi connectivity index (χ0v) is 18.0. The van der Waals surface area contributed by atoms with Gasteiger partial charge in [0.2, 0.25) is 5.91 Å². The van der Waals surface area contributed by atoms with E-state index in [0.29, 0.717) is 30.2 Å². The topological polar surface area (TPSA) is 97.3 Å². The van der Waals surface area contributed by atoms with E-state index in [1.54, 1.807) is 48.4 Å². The molecule has 2 aliphatic heterocycles. The lowest BCUT2D eigenvalue weighted by Crippen LogP contribution is -2.57. The van der Waals surface area contributed by atoms with E-state index in [0.717, 1.165) is 18.4 Å². The molecule has 4 rings (SSSR count). The molecule has 8 heteroatoms. The molecule has 2 saturated heterocycles. The van der Waals surface area contributed by atoms with Crippen LogP contribution >= 0.6 is 0 Å². The lowest BCUT2D eigenvalue weighted by Gasteiger charge is -2.45. The summed E-state index contributed by atoms with van der Waals surface area (Å²) in [4.78, 5) is 26.9. The Morgan fingerprint density at radius 3 is 2.44 bits per heavy atom. The number of ether oxygens (including phenoxy) is 3. The van der Waals surface area contributed by atoms with Crippen molar-refractivity contribution in [3.05, 3.63) is 59.7 Å². The molecule has 0 spiro atoms. The number of amides is 2. The molecule has 2 aliphatic rings. The summed E-state index contributed by atoms with van der Waals surface area (Å²) >= 11 is 0. The van der Waals surface area contributed by atoms with Gasteiger partial charge in [-0.1, -0.05) is 12.1 Å². The second-order valence-electron chi connectivity index (χ2n) is 7.93. The molecule has 2 N–H and O–H groups in total. The molecule has 0 aromatic heterocycles. The van der Waals surface area contributed by atoms with Crippen molar-refractivity contribution in [2.45, 2.75) is 31.0 Å². The zero-order chi connectivity index (χ0) is 22.5. The van der Waals surface area contributed by atoms with Crippen molar-refractivity contribution in [1.29, 1.82) is 0 Å². The predicted octanol–water partition coefficient (Wildman–Crippen LogP) is 2.39. The zero-order valence-electron chi connectivity index (χ0n) is 18.0. The summed E-state index contributed by atoms with van der Waals surface area (Å²) in [5.74, 6) is 0.361. The normalized spacial score (nSPS) is 21.9. The van der Waals surface area contributed by atoms with Gasteiger partial charge in [-0.2, -0.15) is 0 Å². The third-order valence-corrected chi connectivity index (χ3v) is 6.00. The van der Waals surface area contributed by atoms with E-state index >= 15 is 0 Å².